The second kappa shape index (κ2) is 6.91. The monoisotopic (exact) mass is 314 g/mol. The van der Waals surface area contributed by atoms with Crippen molar-refractivity contribution in [2.24, 2.45) is 0 Å². The zero-order valence-corrected chi connectivity index (χ0v) is 13.2. The van der Waals surface area contributed by atoms with Gasteiger partial charge in [-0.1, -0.05) is 12.1 Å². The summed E-state index contributed by atoms with van der Waals surface area (Å²) in [7, 11) is 0. The summed E-state index contributed by atoms with van der Waals surface area (Å²) in [5.74, 6) is 0.344. The van der Waals surface area contributed by atoms with Gasteiger partial charge in [-0.05, 0) is 50.1 Å². The van der Waals surface area contributed by atoms with E-state index in [0.717, 1.165) is 11.1 Å². The summed E-state index contributed by atoms with van der Waals surface area (Å²) in [6.07, 6.45) is -0.689. The Morgan fingerprint density at radius 2 is 1.83 bits per heavy atom. The highest BCUT2D eigenvalue weighted by Crippen LogP contribution is 2.22. The van der Waals surface area contributed by atoms with Crippen LogP contribution in [0.3, 0.4) is 0 Å². The largest absolute Gasteiger partial charge is 0.481 e. The van der Waals surface area contributed by atoms with E-state index in [1.807, 2.05) is 32.0 Å². The molecular formula is C17H18N2O4. The number of anilines is 1. The molecule has 2 aromatic carbocycles. The van der Waals surface area contributed by atoms with Crippen molar-refractivity contribution in [3.8, 4) is 5.75 Å². The van der Waals surface area contributed by atoms with Crippen molar-refractivity contribution in [3.63, 3.8) is 0 Å². The van der Waals surface area contributed by atoms with E-state index in [-0.39, 0.29) is 11.6 Å². The molecule has 0 aliphatic heterocycles. The lowest BCUT2D eigenvalue weighted by Gasteiger charge is -2.17. The van der Waals surface area contributed by atoms with Crippen molar-refractivity contribution in [1.29, 1.82) is 0 Å². The second-order valence-corrected chi connectivity index (χ2v) is 5.25. The summed E-state index contributed by atoms with van der Waals surface area (Å²) in [6, 6.07) is 11.3. The highest BCUT2D eigenvalue weighted by atomic mass is 16.6. The van der Waals surface area contributed by atoms with Crippen molar-refractivity contribution >= 4 is 17.3 Å². The Morgan fingerprint density at radius 3 is 2.43 bits per heavy atom. The third-order valence-corrected chi connectivity index (χ3v) is 3.57. The summed E-state index contributed by atoms with van der Waals surface area (Å²) in [4.78, 5) is 22.3. The van der Waals surface area contributed by atoms with Gasteiger partial charge >= 0.3 is 0 Å². The molecule has 0 unspecified atom stereocenters. The minimum absolute atomic E-state index is 0.0253. The number of non-ortho nitro benzene ring substituents is 1. The van der Waals surface area contributed by atoms with E-state index in [2.05, 4.69) is 5.32 Å². The van der Waals surface area contributed by atoms with Crippen LogP contribution in [0.1, 0.15) is 18.1 Å². The fourth-order valence-electron chi connectivity index (χ4n) is 2.01. The molecule has 0 heterocycles. The zero-order chi connectivity index (χ0) is 17.0. The lowest BCUT2D eigenvalue weighted by molar-refractivity contribution is -0.384. The molecule has 0 bridgehead atoms. The van der Waals surface area contributed by atoms with Crippen LogP contribution in [0.2, 0.25) is 0 Å². The SMILES string of the molecule is Cc1cccc(O[C@@H](C)C(=O)Nc2ccc([N+](=O)[O-])cc2)c1C. The maximum absolute atomic E-state index is 12.2. The van der Waals surface area contributed by atoms with E-state index >= 15 is 0 Å². The molecule has 23 heavy (non-hydrogen) atoms. The number of benzene rings is 2. The van der Waals surface area contributed by atoms with Crippen molar-refractivity contribution < 1.29 is 14.5 Å². The third kappa shape index (κ3) is 4.06. The van der Waals surface area contributed by atoms with Crippen molar-refractivity contribution in [1.82, 2.24) is 0 Å². The predicted molar refractivity (Wildman–Crippen MR) is 87.7 cm³/mol. The van der Waals surface area contributed by atoms with Gasteiger partial charge < -0.3 is 10.1 Å². The Morgan fingerprint density at radius 1 is 1.17 bits per heavy atom. The maximum atomic E-state index is 12.2. The van der Waals surface area contributed by atoms with Gasteiger partial charge in [-0.15, -0.1) is 0 Å². The minimum Gasteiger partial charge on any atom is -0.481 e. The molecule has 1 atom stereocenters. The molecule has 0 aliphatic rings. The van der Waals surface area contributed by atoms with Gasteiger partial charge in [-0.2, -0.15) is 0 Å². The molecule has 1 amide bonds. The van der Waals surface area contributed by atoms with Gasteiger partial charge in [0.05, 0.1) is 4.92 Å². The van der Waals surface area contributed by atoms with E-state index in [0.29, 0.717) is 11.4 Å². The Balaban J connectivity index is 2.02. The van der Waals surface area contributed by atoms with Crippen LogP contribution in [0, 0.1) is 24.0 Å². The van der Waals surface area contributed by atoms with E-state index < -0.39 is 11.0 Å². The first-order valence-electron chi connectivity index (χ1n) is 7.16. The van der Waals surface area contributed by atoms with Gasteiger partial charge in [0.15, 0.2) is 6.10 Å². The van der Waals surface area contributed by atoms with Crippen LogP contribution in [0.5, 0.6) is 5.75 Å². The highest BCUT2D eigenvalue weighted by Gasteiger charge is 2.16. The van der Waals surface area contributed by atoms with Crippen LogP contribution < -0.4 is 10.1 Å². The number of nitro benzene ring substituents is 1. The van der Waals surface area contributed by atoms with Gasteiger partial charge in [-0.3, -0.25) is 14.9 Å². The van der Waals surface area contributed by atoms with Crippen LogP contribution in [0.15, 0.2) is 42.5 Å². The molecule has 6 nitrogen and oxygen atoms in total. The minimum atomic E-state index is -0.689. The number of hydrogen-bond donors (Lipinski definition) is 1. The quantitative estimate of drug-likeness (QED) is 0.675. The number of rotatable bonds is 5. The molecule has 0 saturated heterocycles. The van der Waals surface area contributed by atoms with Crippen LogP contribution in [-0.4, -0.2) is 16.9 Å². The highest BCUT2D eigenvalue weighted by molar-refractivity contribution is 5.94. The van der Waals surface area contributed by atoms with Gasteiger partial charge in [0.2, 0.25) is 0 Å². The lowest BCUT2D eigenvalue weighted by atomic mass is 10.1. The van der Waals surface area contributed by atoms with Crippen molar-refractivity contribution in [3.05, 3.63) is 63.7 Å². The van der Waals surface area contributed by atoms with E-state index in [1.165, 1.54) is 24.3 Å². The Labute approximate surface area is 134 Å². The molecule has 0 radical (unpaired) electrons. The van der Waals surface area contributed by atoms with Gasteiger partial charge in [-0.25, -0.2) is 0 Å². The first kappa shape index (κ1) is 16.5. The van der Waals surface area contributed by atoms with Crippen LogP contribution in [0.25, 0.3) is 0 Å². The summed E-state index contributed by atoms with van der Waals surface area (Å²) in [6.45, 7) is 5.57. The number of ether oxygens (including phenoxy) is 1. The molecule has 0 spiro atoms. The number of amides is 1. The van der Waals surface area contributed by atoms with E-state index in [4.69, 9.17) is 4.74 Å². The number of hydrogen-bond acceptors (Lipinski definition) is 4. The predicted octanol–water partition coefficient (Wildman–Crippen LogP) is 3.62. The van der Waals surface area contributed by atoms with Crippen molar-refractivity contribution in [2.45, 2.75) is 26.9 Å². The first-order chi connectivity index (χ1) is 10.9. The second-order valence-electron chi connectivity index (χ2n) is 5.25. The number of carbonyl (C=O) groups is 1. The molecule has 120 valence electrons. The van der Waals surface area contributed by atoms with Crippen LogP contribution in [-0.2, 0) is 4.79 Å². The molecule has 0 aromatic heterocycles. The standard InChI is InChI=1S/C17H18N2O4/c1-11-5-4-6-16(12(11)2)23-13(3)17(20)18-14-7-9-15(10-8-14)19(21)22/h4-10,13H,1-3H3,(H,18,20)/t13-/m0/s1. The third-order valence-electron chi connectivity index (χ3n) is 3.57. The number of carbonyl (C=O) groups excluding carboxylic acids is 1. The van der Waals surface area contributed by atoms with Crippen LogP contribution in [0.4, 0.5) is 11.4 Å². The Bertz CT molecular complexity index is 726. The smallest absolute Gasteiger partial charge is 0.269 e. The fraction of sp³-hybridized carbons (Fsp3) is 0.235. The van der Waals surface area contributed by atoms with Gasteiger partial charge in [0, 0.05) is 17.8 Å². The summed E-state index contributed by atoms with van der Waals surface area (Å²) >= 11 is 0. The number of nitrogens with zero attached hydrogens (tertiary/aromatic N) is 1. The molecule has 6 heteroatoms. The molecule has 0 saturated carbocycles. The molecule has 0 aliphatic carbocycles. The molecule has 2 rings (SSSR count). The lowest BCUT2D eigenvalue weighted by Crippen LogP contribution is -2.30. The number of nitro groups is 1. The molecular weight excluding hydrogens is 296 g/mol. The Kier molecular flexibility index (Phi) is 4.95. The maximum Gasteiger partial charge on any atom is 0.269 e. The average Bonchev–Trinajstić information content (AvgIpc) is 2.52. The molecule has 2 aromatic rings. The fourth-order valence-corrected chi connectivity index (χ4v) is 2.01. The summed E-state index contributed by atoms with van der Waals surface area (Å²) in [5.41, 5.74) is 2.53. The first-order valence-corrected chi connectivity index (χ1v) is 7.16. The number of nitrogens with one attached hydrogen (secondary N) is 1. The van der Waals surface area contributed by atoms with E-state index in [9.17, 15) is 14.9 Å². The topological polar surface area (TPSA) is 81.5 Å². The van der Waals surface area contributed by atoms with Crippen molar-refractivity contribution in [2.75, 3.05) is 5.32 Å². The van der Waals surface area contributed by atoms with Gasteiger partial charge in [0.25, 0.3) is 11.6 Å². The normalized spacial score (nSPS) is 11.6. The summed E-state index contributed by atoms with van der Waals surface area (Å²) in [5, 5.41) is 13.3. The van der Waals surface area contributed by atoms with E-state index in [1.54, 1.807) is 6.92 Å². The zero-order valence-electron chi connectivity index (χ0n) is 13.2. The molecule has 0 fully saturated rings. The number of aryl methyl sites for hydroxylation is 1. The van der Waals surface area contributed by atoms with Crippen LogP contribution >= 0.6 is 0 Å². The summed E-state index contributed by atoms with van der Waals surface area (Å²) < 4.78 is 5.70. The average molecular weight is 314 g/mol. The Hall–Kier alpha value is -2.89. The molecule has 1 N–H and O–H groups in total. The van der Waals surface area contributed by atoms with Gasteiger partial charge in [0.1, 0.15) is 5.75 Å².